The summed E-state index contributed by atoms with van der Waals surface area (Å²) in [5, 5.41) is 2.52. The molecule has 0 radical (unpaired) electrons. The SMILES string of the molecule is O=C(Nc1ccc(F)cc1F)C1OC2OC3(CCCCC3)OC2C2OC3(CCCCC3)OC12. The molecule has 5 atom stereocenters. The zero-order chi connectivity index (χ0) is 22.6. The van der Waals surface area contributed by atoms with Gasteiger partial charge in [0, 0.05) is 31.7 Å². The number of carbonyl (C=O) groups is 1. The fourth-order valence-electron chi connectivity index (χ4n) is 5.96. The molecule has 1 aromatic carbocycles. The van der Waals surface area contributed by atoms with E-state index >= 15 is 0 Å². The van der Waals surface area contributed by atoms with Gasteiger partial charge in [0.15, 0.2) is 24.0 Å². The van der Waals surface area contributed by atoms with E-state index in [1.54, 1.807) is 0 Å². The predicted molar refractivity (Wildman–Crippen MR) is 111 cm³/mol. The Kier molecular flexibility index (Phi) is 5.45. The van der Waals surface area contributed by atoms with Crippen molar-refractivity contribution >= 4 is 11.6 Å². The van der Waals surface area contributed by atoms with Crippen LogP contribution in [0.15, 0.2) is 18.2 Å². The number of amides is 1. The summed E-state index contributed by atoms with van der Waals surface area (Å²) in [5.74, 6) is -3.65. The maximum Gasteiger partial charge on any atom is 0.256 e. The number of halogens is 2. The average Bonchev–Trinajstić information content (AvgIpc) is 3.34. The molecular formula is C24H29F2NO6. The van der Waals surface area contributed by atoms with Crippen molar-refractivity contribution in [3.8, 4) is 0 Å². The van der Waals surface area contributed by atoms with Crippen LogP contribution in [0.1, 0.15) is 64.2 Å². The topological polar surface area (TPSA) is 75.3 Å². The lowest BCUT2D eigenvalue weighted by molar-refractivity contribution is -0.246. The molecule has 0 bridgehead atoms. The van der Waals surface area contributed by atoms with Crippen molar-refractivity contribution < 1.29 is 37.3 Å². The average molecular weight is 465 g/mol. The van der Waals surface area contributed by atoms with Crippen LogP contribution >= 0.6 is 0 Å². The van der Waals surface area contributed by atoms with Crippen molar-refractivity contribution in [3.05, 3.63) is 29.8 Å². The first-order valence-electron chi connectivity index (χ1n) is 12.1. The van der Waals surface area contributed by atoms with Crippen LogP contribution in [0.25, 0.3) is 0 Å². The van der Waals surface area contributed by atoms with E-state index in [2.05, 4.69) is 5.32 Å². The molecule has 3 aliphatic heterocycles. The van der Waals surface area contributed by atoms with Gasteiger partial charge in [0.1, 0.15) is 29.9 Å². The van der Waals surface area contributed by atoms with Gasteiger partial charge in [-0.15, -0.1) is 0 Å². The highest BCUT2D eigenvalue weighted by atomic mass is 19.1. The number of hydrogen-bond donors (Lipinski definition) is 1. The molecule has 2 saturated carbocycles. The lowest BCUT2D eigenvalue weighted by atomic mass is 9.94. The summed E-state index contributed by atoms with van der Waals surface area (Å²) < 4.78 is 59.2. The number of nitrogens with one attached hydrogen (secondary N) is 1. The summed E-state index contributed by atoms with van der Waals surface area (Å²) in [6.07, 6.45) is 5.63. The van der Waals surface area contributed by atoms with Crippen LogP contribution in [0.5, 0.6) is 0 Å². The van der Waals surface area contributed by atoms with Gasteiger partial charge in [-0.05, 0) is 37.8 Å². The van der Waals surface area contributed by atoms with Crippen LogP contribution in [0.2, 0.25) is 0 Å². The van der Waals surface area contributed by atoms with E-state index < -0.39 is 59.8 Å². The molecule has 3 saturated heterocycles. The lowest BCUT2D eigenvalue weighted by Crippen LogP contribution is -2.58. The number of hydrogen-bond acceptors (Lipinski definition) is 6. The molecule has 2 spiro atoms. The Labute approximate surface area is 191 Å². The minimum absolute atomic E-state index is 0.123. The lowest BCUT2D eigenvalue weighted by Gasteiger charge is -2.36. The van der Waals surface area contributed by atoms with Gasteiger partial charge in [-0.2, -0.15) is 0 Å². The molecule has 1 aromatic rings. The molecule has 5 aliphatic rings. The maximum atomic E-state index is 14.2. The normalized spacial score (nSPS) is 36.5. The van der Waals surface area contributed by atoms with Crippen molar-refractivity contribution in [1.29, 1.82) is 0 Å². The van der Waals surface area contributed by atoms with Gasteiger partial charge < -0.3 is 29.0 Å². The first kappa shape index (κ1) is 21.9. The second-order valence-electron chi connectivity index (χ2n) is 9.85. The Bertz CT molecular complexity index is 916. The van der Waals surface area contributed by atoms with Gasteiger partial charge in [-0.3, -0.25) is 4.79 Å². The van der Waals surface area contributed by atoms with Crippen LogP contribution in [0.3, 0.4) is 0 Å². The number of benzene rings is 1. The van der Waals surface area contributed by atoms with E-state index in [1.165, 1.54) is 6.07 Å². The van der Waals surface area contributed by atoms with Crippen molar-refractivity contribution in [2.45, 2.75) is 106 Å². The summed E-state index contributed by atoms with van der Waals surface area (Å²) in [5.41, 5.74) is -0.123. The zero-order valence-corrected chi connectivity index (χ0v) is 18.4. The smallest absolute Gasteiger partial charge is 0.256 e. The van der Waals surface area contributed by atoms with Crippen molar-refractivity contribution in [3.63, 3.8) is 0 Å². The van der Waals surface area contributed by atoms with Crippen molar-refractivity contribution in [2.24, 2.45) is 0 Å². The van der Waals surface area contributed by atoms with Gasteiger partial charge in [0.25, 0.3) is 5.91 Å². The van der Waals surface area contributed by atoms with Gasteiger partial charge in [-0.1, -0.05) is 12.8 Å². The largest absolute Gasteiger partial charge is 0.341 e. The molecule has 5 unspecified atom stereocenters. The number of ether oxygens (including phenoxy) is 5. The number of fused-ring (bicyclic) bond motifs is 3. The Balaban J connectivity index is 1.28. The van der Waals surface area contributed by atoms with E-state index in [4.69, 9.17) is 23.7 Å². The molecular weight excluding hydrogens is 436 g/mol. The Morgan fingerprint density at radius 2 is 1.42 bits per heavy atom. The molecule has 2 aliphatic carbocycles. The Morgan fingerprint density at radius 1 is 0.818 bits per heavy atom. The minimum atomic E-state index is -1.08. The van der Waals surface area contributed by atoms with Crippen LogP contribution in [-0.2, 0) is 28.5 Å². The first-order valence-corrected chi connectivity index (χ1v) is 12.1. The second-order valence-corrected chi connectivity index (χ2v) is 9.85. The number of carbonyl (C=O) groups excluding carboxylic acids is 1. The van der Waals surface area contributed by atoms with E-state index in [9.17, 15) is 13.6 Å². The fourth-order valence-corrected chi connectivity index (χ4v) is 5.96. The molecule has 3 heterocycles. The molecule has 9 heteroatoms. The highest BCUT2D eigenvalue weighted by Crippen LogP contribution is 2.51. The summed E-state index contributed by atoms with van der Waals surface area (Å²) >= 11 is 0. The van der Waals surface area contributed by atoms with Gasteiger partial charge in [0.05, 0.1) is 5.69 Å². The first-order chi connectivity index (χ1) is 16.0. The fraction of sp³-hybridized carbons (Fsp3) is 0.708. The van der Waals surface area contributed by atoms with Gasteiger partial charge in [-0.25, -0.2) is 8.78 Å². The molecule has 1 N–H and O–H groups in total. The predicted octanol–water partition coefficient (Wildman–Crippen LogP) is 4.15. The zero-order valence-electron chi connectivity index (χ0n) is 18.4. The third-order valence-electron chi connectivity index (χ3n) is 7.56. The third kappa shape index (κ3) is 3.87. The maximum absolute atomic E-state index is 14.2. The second kappa shape index (κ2) is 8.23. The summed E-state index contributed by atoms with van der Waals surface area (Å²) in [4.78, 5) is 13.2. The van der Waals surface area contributed by atoms with Crippen molar-refractivity contribution in [2.75, 3.05) is 5.32 Å². The van der Waals surface area contributed by atoms with Gasteiger partial charge in [0.2, 0.25) is 0 Å². The Hall–Kier alpha value is -1.65. The Morgan fingerprint density at radius 3 is 2.09 bits per heavy atom. The summed E-state index contributed by atoms with van der Waals surface area (Å²) in [6.45, 7) is 0. The summed E-state index contributed by atoms with van der Waals surface area (Å²) in [6, 6.07) is 3.00. The molecule has 1 amide bonds. The number of rotatable bonds is 2. The quantitative estimate of drug-likeness (QED) is 0.708. The van der Waals surface area contributed by atoms with Gasteiger partial charge >= 0.3 is 0 Å². The molecule has 5 fully saturated rings. The van der Waals surface area contributed by atoms with E-state index in [1.807, 2.05) is 0 Å². The van der Waals surface area contributed by atoms with E-state index in [-0.39, 0.29) is 5.69 Å². The molecule has 33 heavy (non-hydrogen) atoms. The van der Waals surface area contributed by atoms with Crippen molar-refractivity contribution in [1.82, 2.24) is 0 Å². The number of anilines is 1. The van der Waals surface area contributed by atoms with E-state index in [0.29, 0.717) is 0 Å². The molecule has 180 valence electrons. The van der Waals surface area contributed by atoms with Crippen LogP contribution in [-0.4, -0.2) is 48.2 Å². The summed E-state index contributed by atoms with van der Waals surface area (Å²) in [7, 11) is 0. The molecule has 7 nitrogen and oxygen atoms in total. The molecule has 0 aromatic heterocycles. The minimum Gasteiger partial charge on any atom is -0.341 e. The third-order valence-corrected chi connectivity index (χ3v) is 7.56. The van der Waals surface area contributed by atoms with E-state index in [0.717, 1.165) is 76.3 Å². The van der Waals surface area contributed by atoms with Crippen LogP contribution in [0.4, 0.5) is 14.5 Å². The standard InChI is InChI=1S/C24H29F2NO6/c25-14-7-8-16(15(26)13-14)27-21(28)19-17-18(31-23(30-17)9-3-1-4-10-23)20-22(29-19)33-24(32-20)11-5-2-6-12-24/h7-8,13,17-20,22H,1-6,9-12H2,(H,27,28). The van der Waals surface area contributed by atoms with Crippen LogP contribution < -0.4 is 5.32 Å². The monoisotopic (exact) mass is 465 g/mol. The highest BCUT2D eigenvalue weighted by molar-refractivity contribution is 5.95. The highest BCUT2D eigenvalue weighted by Gasteiger charge is 2.65. The molecule has 6 rings (SSSR count). The van der Waals surface area contributed by atoms with Crippen LogP contribution in [0, 0.1) is 11.6 Å².